The van der Waals surface area contributed by atoms with Crippen molar-refractivity contribution in [3.05, 3.63) is 34.9 Å². The number of hydrogen-bond acceptors (Lipinski definition) is 6. The molecular formula is C14H18ClN5O. The highest BCUT2D eigenvalue weighted by molar-refractivity contribution is 6.30. The molecule has 2 aromatic rings. The molecule has 2 rings (SSSR count). The summed E-state index contributed by atoms with van der Waals surface area (Å²) in [6.07, 6.45) is 0.849. The Morgan fingerprint density at radius 2 is 1.81 bits per heavy atom. The first-order chi connectivity index (χ1) is 10.2. The van der Waals surface area contributed by atoms with Crippen LogP contribution in [-0.4, -0.2) is 35.2 Å². The van der Waals surface area contributed by atoms with Gasteiger partial charge in [-0.05, 0) is 31.0 Å². The maximum absolute atomic E-state index is 5.86. The number of aromatic nitrogens is 3. The van der Waals surface area contributed by atoms with Gasteiger partial charge in [0, 0.05) is 18.6 Å². The lowest BCUT2D eigenvalue weighted by molar-refractivity contribution is 0.312. The second kappa shape index (κ2) is 7.64. The van der Waals surface area contributed by atoms with E-state index >= 15 is 0 Å². The minimum Gasteiger partial charge on any atom is -0.464 e. The fraction of sp³-hybridized carbons (Fsp3) is 0.357. The average molecular weight is 308 g/mol. The van der Waals surface area contributed by atoms with Gasteiger partial charge in [0.2, 0.25) is 11.9 Å². The van der Waals surface area contributed by atoms with Gasteiger partial charge in [-0.2, -0.15) is 15.0 Å². The van der Waals surface area contributed by atoms with Crippen LogP contribution in [0.2, 0.25) is 5.02 Å². The van der Waals surface area contributed by atoms with E-state index in [9.17, 15) is 0 Å². The predicted octanol–water partition coefficient (Wildman–Crippen LogP) is 2.62. The Bertz CT molecular complexity index is 576. The SMILES string of the molecule is CCOc1nc(NC)nc(NCCc2ccc(Cl)cc2)n1. The molecule has 112 valence electrons. The smallest absolute Gasteiger partial charge is 0.323 e. The van der Waals surface area contributed by atoms with Crippen molar-refractivity contribution in [3.8, 4) is 6.01 Å². The molecule has 0 spiro atoms. The summed E-state index contributed by atoms with van der Waals surface area (Å²) < 4.78 is 5.31. The number of rotatable bonds is 7. The van der Waals surface area contributed by atoms with Crippen LogP contribution in [-0.2, 0) is 6.42 Å². The first-order valence-electron chi connectivity index (χ1n) is 6.76. The summed E-state index contributed by atoms with van der Waals surface area (Å²) in [4.78, 5) is 12.5. The Labute approximate surface area is 128 Å². The fourth-order valence-corrected chi connectivity index (χ4v) is 1.84. The molecule has 0 fully saturated rings. The van der Waals surface area contributed by atoms with E-state index in [4.69, 9.17) is 16.3 Å². The minimum atomic E-state index is 0.311. The normalized spacial score (nSPS) is 10.2. The molecule has 0 atom stereocenters. The molecule has 6 nitrogen and oxygen atoms in total. The number of benzene rings is 1. The highest BCUT2D eigenvalue weighted by Crippen LogP contribution is 2.12. The zero-order valence-corrected chi connectivity index (χ0v) is 12.8. The van der Waals surface area contributed by atoms with Crippen LogP contribution in [0.15, 0.2) is 24.3 Å². The molecule has 0 saturated heterocycles. The van der Waals surface area contributed by atoms with Crippen molar-refractivity contribution < 1.29 is 4.74 Å². The highest BCUT2D eigenvalue weighted by Gasteiger charge is 2.05. The summed E-state index contributed by atoms with van der Waals surface area (Å²) in [5.74, 6) is 0.967. The van der Waals surface area contributed by atoms with Crippen molar-refractivity contribution >= 4 is 23.5 Å². The highest BCUT2D eigenvalue weighted by atomic mass is 35.5. The van der Waals surface area contributed by atoms with E-state index in [0.29, 0.717) is 31.1 Å². The largest absolute Gasteiger partial charge is 0.464 e. The van der Waals surface area contributed by atoms with Gasteiger partial charge in [0.25, 0.3) is 0 Å². The zero-order chi connectivity index (χ0) is 15.1. The van der Waals surface area contributed by atoms with Gasteiger partial charge in [0.15, 0.2) is 0 Å². The lowest BCUT2D eigenvalue weighted by Crippen LogP contribution is -2.11. The second-order valence-electron chi connectivity index (χ2n) is 4.25. The standard InChI is InChI=1S/C14H18ClN5O/c1-3-21-14-19-12(16-2)18-13(20-14)17-9-8-10-4-6-11(15)7-5-10/h4-7H,3,8-9H2,1-2H3,(H2,16,17,18,19,20). The number of nitrogens with zero attached hydrogens (tertiary/aromatic N) is 3. The predicted molar refractivity (Wildman–Crippen MR) is 84.2 cm³/mol. The first-order valence-corrected chi connectivity index (χ1v) is 7.14. The molecule has 0 bridgehead atoms. The van der Waals surface area contributed by atoms with Crippen LogP contribution in [0.3, 0.4) is 0 Å². The van der Waals surface area contributed by atoms with E-state index in [1.165, 1.54) is 5.56 Å². The summed E-state index contributed by atoms with van der Waals surface area (Å²) in [6, 6.07) is 8.08. The van der Waals surface area contributed by atoms with Crippen LogP contribution in [0.1, 0.15) is 12.5 Å². The average Bonchev–Trinajstić information content (AvgIpc) is 2.49. The maximum Gasteiger partial charge on any atom is 0.323 e. The van der Waals surface area contributed by atoms with E-state index in [1.807, 2.05) is 31.2 Å². The summed E-state index contributed by atoms with van der Waals surface area (Å²) in [5, 5.41) is 6.79. The van der Waals surface area contributed by atoms with Crippen LogP contribution in [0.25, 0.3) is 0 Å². The van der Waals surface area contributed by atoms with Crippen molar-refractivity contribution in [2.24, 2.45) is 0 Å². The molecule has 0 saturated carbocycles. The van der Waals surface area contributed by atoms with E-state index in [2.05, 4.69) is 25.6 Å². The molecule has 0 aliphatic carbocycles. The monoisotopic (exact) mass is 307 g/mol. The number of anilines is 2. The minimum absolute atomic E-state index is 0.311. The quantitative estimate of drug-likeness (QED) is 0.819. The van der Waals surface area contributed by atoms with Gasteiger partial charge in [-0.25, -0.2) is 0 Å². The molecule has 0 aliphatic rings. The van der Waals surface area contributed by atoms with Crippen molar-refractivity contribution in [3.63, 3.8) is 0 Å². The third-order valence-corrected chi connectivity index (χ3v) is 2.97. The van der Waals surface area contributed by atoms with Crippen molar-refractivity contribution in [1.82, 2.24) is 15.0 Å². The number of hydrogen-bond donors (Lipinski definition) is 2. The van der Waals surface area contributed by atoms with Gasteiger partial charge < -0.3 is 15.4 Å². The van der Waals surface area contributed by atoms with Crippen molar-refractivity contribution in [2.75, 3.05) is 30.8 Å². The molecule has 21 heavy (non-hydrogen) atoms. The Hall–Kier alpha value is -2.08. The molecule has 0 aliphatic heterocycles. The Kier molecular flexibility index (Phi) is 5.57. The third-order valence-electron chi connectivity index (χ3n) is 2.72. The molecule has 0 amide bonds. The lowest BCUT2D eigenvalue weighted by Gasteiger charge is -2.08. The molecule has 2 N–H and O–H groups in total. The van der Waals surface area contributed by atoms with Crippen molar-refractivity contribution in [1.29, 1.82) is 0 Å². The molecule has 0 unspecified atom stereocenters. The molecule has 0 radical (unpaired) electrons. The third kappa shape index (κ3) is 4.75. The Balaban J connectivity index is 1.95. The Morgan fingerprint density at radius 1 is 1.10 bits per heavy atom. The van der Waals surface area contributed by atoms with Crippen LogP contribution < -0.4 is 15.4 Å². The fourth-order valence-electron chi connectivity index (χ4n) is 1.71. The van der Waals surface area contributed by atoms with Crippen LogP contribution in [0.5, 0.6) is 6.01 Å². The summed E-state index contributed by atoms with van der Waals surface area (Å²) in [7, 11) is 1.75. The molecule has 1 aromatic carbocycles. The van der Waals surface area contributed by atoms with Crippen LogP contribution in [0.4, 0.5) is 11.9 Å². The van der Waals surface area contributed by atoms with Gasteiger partial charge in [0.05, 0.1) is 6.61 Å². The van der Waals surface area contributed by atoms with Gasteiger partial charge in [-0.1, -0.05) is 23.7 Å². The number of ether oxygens (including phenoxy) is 1. The first kappa shape index (κ1) is 15.3. The van der Waals surface area contributed by atoms with Crippen LogP contribution in [0, 0.1) is 0 Å². The second-order valence-corrected chi connectivity index (χ2v) is 4.69. The number of halogens is 1. The van der Waals surface area contributed by atoms with E-state index < -0.39 is 0 Å². The number of nitrogens with one attached hydrogen (secondary N) is 2. The van der Waals surface area contributed by atoms with Gasteiger partial charge >= 0.3 is 6.01 Å². The van der Waals surface area contributed by atoms with Crippen molar-refractivity contribution in [2.45, 2.75) is 13.3 Å². The molecule has 1 heterocycles. The molecule has 7 heteroatoms. The van der Waals surface area contributed by atoms with Crippen LogP contribution >= 0.6 is 11.6 Å². The van der Waals surface area contributed by atoms with E-state index in [1.54, 1.807) is 7.05 Å². The maximum atomic E-state index is 5.86. The summed E-state index contributed by atoms with van der Waals surface area (Å²) >= 11 is 5.86. The topological polar surface area (TPSA) is 72.0 Å². The van der Waals surface area contributed by atoms with E-state index in [-0.39, 0.29) is 0 Å². The molecular weight excluding hydrogens is 290 g/mol. The zero-order valence-electron chi connectivity index (χ0n) is 12.1. The van der Waals surface area contributed by atoms with E-state index in [0.717, 1.165) is 11.4 Å². The summed E-state index contributed by atoms with van der Waals surface area (Å²) in [6.45, 7) is 3.11. The summed E-state index contributed by atoms with van der Waals surface area (Å²) in [5.41, 5.74) is 1.19. The lowest BCUT2D eigenvalue weighted by atomic mass is 10.1. The molecule has 1 aromatic heterocycles. The Morgan fingerprint density at radius 3 is 2.48 bits per heavy atom. The van der Waals surface area contributed by atoms with Gasteiger partial charge in [-0.3, -0.25) is 0 Å². The van der Waals surface area contributed by atoms with Gasteiger partial charge in [0.1, 0.15) is 0 Å². The van der Waals surface area contributed by atoms with Gasteiger partial charge in [-0.15, -0.1) is 0 Å².